The fraction of sp³-hybridized carbons (Fsp3) is 0.625. The van der Waals surface area contributed by atoms with Gasteiger partial charge in [0.25, 0.3) is 0 Å². The van der Waals surface area contributed by atoms with Gasteiger partial charge in [0.05, 0.1) is 20.3 Å². The molecule has 0 amide bonds. The molecular formula is C16H23FO3. The minimum atomic E-state index is -0.796. The highest BCUT2D eigenvalue weighted by molar-refractivity contribution is 5.44. The van der Waals surface area contributed by atoms with Gasteiger partial charge in [-0.25, -0.2) is 4.39 Å². The molecule has 1 unspecified atom stereocenters. The number of aliphatic hydroxyl groups excluding tert-OH is 1. The van der Waals surface area contributed by atoms with Crippen molar-refractivity contribution in [1.82, 2.24) is 0 Å². The number of aliphatic hydroxyl groups is 1. The number of hydrogen-bond acceptors (Lipinski definition) is 3. The Morgan fingerprint density at radius 3 is 2.25 bits per heavy atom. The van der Waals surface area contributed by atoms with Crippen LogP contribution < -0.4 is 9.47 Å². The number of hydrogen-bond donors (Lipinski definition) is 1. The van der Waals surface area contributed by atoms with E-state index >= 15 is 0 Å². The Kier molecular flexibility index (Phi) is 4.53. The molecule has 4 heteroatoms. The van der Waals surface area contributed by atoms with Crippen LogP contribution in [0.4, 0.5) is 4.39 Å². The molecule has 1 atom stereocenters. The highest BCUT2D eigenvalue weighted by Gasteiger charge is 2.41. The van der Waals surface area contributed by atoms with Crippen molar-refractivity contribution in [3.8, 4) is 11.5 Å². The van der Waals surface area contributed by atoms with Crippen LogP contribution in [0.3, 0.4) is 0 Å². The molecule has 0 radical (unpaired) electrons. The van der Waals surface area contributed by atoms with Crippen LogP contribution in [0.25, 0.3) is 0 Å². The molecule has 0 aliphatic heterocycles. The van der Waals surface area contributed by atoms with Gasteiger partial charge in [-0.05, 0) is 25.3 Å². The van der Waals surface area contributed by atoms with Gasteiger partial charge in [-0.2, -0.15) is 0 Å². The van der Waals surface area contributed by atoms with E-state index in [-0.39, 0.29) is 5.41 Å². The second-order valence-electron chi connectivity index (χ2n) is 5.55. The number of benzene rings is 1. The summed E-state index contributed by atoms with van der Waals surface area (Å²) < 4.78 is 24.6. The molecule has 2 rings (SSSR count). The van der Waals surface area contributed by atoms with E-state index in [1.165, 1.54) is 20.3 Å². The maximum absolute atomic E-state index is 14.3. The second kappa shape index (κ2) is 6.00. The molecule has 0 heterocycles. The molecule has 1 aromatic carbocycles. The first-order valence-corrected chi connectivity index (χ1v) is 7.17. The molecule has 112 valence electrons. The quantitative estimate of drug-likeness (QED) is 0.891. The minimum Gasteiger partial charge on any atom is -0.493 e. The van der Waals surface area contributed by atoms with Crippen LogP contribution in [0.15, 0.2) is 12.1 Å². The van der Waals surface area contributed by atoms with Gasteiger partial charge in [0, 0.05) is 17.0 Å². The van der Waals surface area contributed by atoms with E-state index in [1.807, 2.05) is 0 Å². The summed E-state index contributed by atoms with van der Waals surface area (Å²) in [5, 5.41) is 10.7. The highest BCUT2D eigenvalue weighted by atomic mass is 19.1. The number of methoxy groups -OCH3 is 2. The van der Waals surface area contributed by atoms with E-state index in [0.29, 0.717) is 17.1 Å². The van der Waals surface area contributed by atoms with Crippen LogP contribution in [0, 0.1) is 11.2 Å². The van der Waals surface area contributed by atoms with Gasteiger partial charge in [0.2, 0.25) is 0 Å². The lowest BCUT2D eigenvalue weighted by molar-refractivity contribution is 0.0209. The highest BCUT2D eigenvalue weighted by Crippen LogP contribution is 2.51. The SMILES string of the molecule is CCC1(C(O)c2cc(OC)c(OC)cc2F)CCCC1. The van der Waals surface area contributed by atoms with E-state index in [9.17, 15) is 9.50 Å². The predicted molar refractivity (Wildman–Crippen MR) is 75.7 cm³/mol. The molecule has 1 aromatic rings. The molecule has 1 N–H and O–H groups in total. The Morgan fingerprint density at radius 1 is 1.20 bits per heavy atom. The maximum atomic E-state index is 14.3. The molecule has 0 bridgehead atoms. The third-order valence-electron chi connectivity index (χ3n) is 4.68. The van der Waals surface area contributed by atoms with E-state index in [1.54, 1.807) is 6.07 Å². The fourth-order valence-corrected chi connectivity index (χ4v) is 3.31. The molecule has 0 aromatic heterocycles. The van der Waals surface area contributed by atoms with Gasteiger partial charge in [-0.3, -0.25) is 0 Å². The van der Waals surface area contributed by atoms with Crippen molar-refractivity contribution < 1.29 is 19.0 Å². The lowest BCUT2D eigenvalue weighted by atomic mass is 9.75. The third kappa shape index (κ3) is 2.49. The summed E-state index contributed by atoms with van der Waals surface area (Å²) in [4.78, 5) is 0. The van der Waals surface area contributed by atoms with Crippen LogP contribution in [0.2, 0.25) is 0 Å². The fourth-order valence-electron chi connectivity index (χ4n) is 3.31. The zero-order chi connectivity index (χ0) is 14.8. The molecule has 1 aliphatic rings. The Labute approximate surface area is 119 Å². The summed E-state index contributed by atoms with van der Waals surface area (Å²) in [6.45, 7) is 2.06. The molecular weight excluding hydrogens is 259 g/mol. The van der Waals surface area contributed by atoms with Gasteiger partial charge in [0.1, 0.15) is 5.82 Å². The van der Waals surface area contributed by atoms with E-state index < -0.39 is 11.9 Å². The zero-order valence-corrected chi connectivity index (χ0v) is 12.4. The second-order valence-corrected chi connectivity index (χ2v) is 5.55. The van der Waals surface area contributed by atoms with Crippen LogP contribution in [0.1, 0.15) is 50.7 Å². The molecule has 1 saturated carbocycles. The maximum Gasteiger partial charge on any atom is 0.163 e. The standard InChI is InChI=1S/C16H23FO3/c1-4-16(7-5-6-8-16)15(18)11-9-13(19-2)14(20-3)10-12(11)17/h9-10,15,18H,4-8H2,1-3H3. The number of ether oxygens (including phenoxy) is 2. The van der Waals surface area contributed by atoms with Crippen molar-refractivity contribution in [2.45, 2.75) is 45.1 Å². The Balaban J connectivity index is 2.41. The summed E-state index contributed by atoms with van der Waals surface area (Å²) in [5.41, 5.74) is 0.104. The van der Waals surface area contributed by atoms with Crippen molar-refractivity contribution >= 4 is 0 Å². The summed E-state index contributed by atoms with van der Waals surface area (Å²) in [6.07, 6.45) is 4.13. The lowest BCUT2D eigenvalue weighted by Gasteiger charge is -2.34. The summed E-state index contributed by atoms with van der Waals surface area (Å²) in [6, 6.07) is 2.85. The summed E-state index contributed by atoms with van der Waals surface area (Å²) >= 11 is 0. The first-order chi connectivity index (χ1) is 9.57. The van der Waals surface area contributed by atoms with Gasteiger partial charge >= 0.3 is 0 Å². The normalized spacial score (nSPS) is 18.9. The molecule has 20 heavy (non-hydrogen) atoms. The van der Waals surface area contributed by atoms with E-state index in [2.05, 4.69) is 6.92 Å². The molecule has 0 saturated heterocycles. The molecule has 1 aliphatic carbocycles. The van der Waals surface area contributed by atoms with Crippen molar-refractivity contribution in [2.75, 3.05) is 14.2 Å². The van der Waals surface area contributed by atoms with Crippen molar-refractivity contribution in [3.05, 3.63) is 23.5 Å². The average Bonchev–Trinajstić information content (AvgIpc) is 2.96. The van der Waals surface area contributed by atoms with Crippen LogP contribution in [-0.2, 0) is 0 Å². The van der Waals surface area contributed by atoms with Crippen LogP contribution >= 0.6 is 0 Å². The van der Waals surface area contributed by atoms with Gasteiger partial charge in [0.15, 0.2) is 11.5 Å². The van der Waals surface area contributed by atoms with Gasteiger partial charge < -0.3 is 14.6 Å². The Morgan fingerprint density at radius 2 is 1.75 bits per heavy atom. The number of halogens is 1. The predicted octanol–water partition coefficient (Wildman–Crippen LogP) is 3.85. The number of rotatable bonds is 5. The lowest BCUT2D eigenvalue weighted by Crippen LogP contribution is -2.26. The summed E-state index contributed by atoms with van der Waals surface area (Å²) in [5.74, 6) is 0.361. The zero-order valence-electron chi connectivity index (χ0n) is 12.4. The van der Waals surface area contributed by atoms with E-state index in [4.69, 9.17) is 9.47 Å². The van der Waals surface area contributed by atoms with E-state index in [0.717, 1.165) is 32.1 Å². The van der Waals surface area contributed by atoms with Crippen molar-refractivity contribution in [3.63, 3.8) is 0 Å². The largest absolute Gasteiger partial charge is 0.493 e. The van der Waals surface area contributed by atoms with Crippen LogP contribution in [0.5, 0.6) is 11.5 Å². The topological polar surface area (TPSA) is 38.7 Å². The first-order valence-electron chi connectivity index (χ1n) is 7.17. The smallest absolute Gasteiger partial charge is 0.163 e. The average molecular weight is 282 g/mol. The van der Waals surface area contributed by atoms with Crippen LogP contribution in [-0.4, -0.2) is 19.3 Å². The van der Waals surface area contributed by atoms with Crippen molar-refractivity contribution in [2.24, 2.45) is 5.41 Å². The monoisotopic (exact) mass is 282 g/mol. The van der Waals surface area contributed by atoms with Gasteiger partial charge in [-0.15, -0.1) is 0 Å². The molecule has 1 fully saturated rings. The Hall–Kier alpha value is -1.29. The van der Waals surface area contributed by atoms with Crippen molar-refractivity contribution in [1.29, 1.82) is 0 Å². The third-order valence-corrected chi connectivity index (χ3v) is 4.68. The molecule has 0 spiro atoms. The Bertz CT molecular complexity index is 467. The summed E-state index contributed by atoms with van der Waals surface area (Å²) in [7, 11) is 2.98. The minimum absolute atomic E-state index is 0.208. The van der Waals surface area contributed by atoms with Gasteiger partial charge in [-0.1, -0.05) is 19.8 Å². The first kappa shape index (κ1) is 15.1. The molecule has 3 nitrogen and oxygen atoms in total.